The van der Waals surface area contributed by atoms with Crippen LogP contribution in [0.2, 0.25) is 0 Å². The summed E-state index contributed by atoms with van der Waals surface area (Å²) >= 11 is 0. The van der Waals surface area contributed by atoms with Gasteiger partial charge in [-0.15, -0.1) is 0 Å². The first-order valence-corrected chi connectivity index (χ1v) is 6.95. The fourth-order valence-corrected chi connectivity index (χ4v) is 2.31. The van der Waals surface area contributed by atoms with E-state index >= 15 is 0 Å². The number of aromatic nitrogens is 1. The molecule has 4 heteroatoms. The van der Waals surface area contributed by atoms with Gasteiger partial charge in [-0.05, 0) is 44.7 Å². The van der Waals surface area contributed by atoms with Gasteiger partial charge < -0.3 is 9.47 Å². The molecule has 4 nitrogen and oxygen atoms in total. The predicted molar refractivity (Wildman–Crippen MR) is 72.2 cm³/mol. The van der Waals surface area contributed by atoms with Gasteiger partial charge in [0.25, 0.3) is 0 Å². The van der Waals surface area contributed by atoms with E-state index in [1.165, 1.54) is 25.7 Å². The van der Waals surface area contributed by atoms with Gasteiger partial charge in [-0.1, -0.05) is 12.8 Å². The highest BCUT2D eigenvalue weighted by Crippen LogP contribution is 2.26. The van der Waals surface area contributed by atoms with Crippen molar-refractivity contribution in [1.29, 1.82) is 0 Å². The van der Waals surface area contributed by atoms with Crippen molar-refractivity contribution in [3.63, 3.8) is 0 Å². The Morgan fingerprint density at radius 3 is 2.84 bits per heavy atom. The molecule has 2 rings (SSSR count). The van der Waals surface area contributed by atoms with Crippen LogP contribution in [-0.4, -0.2) is 23.7 Å². The van der Waals surface area contributed by atoms with Crippen molar-refractivity contribution in [2.45, 2.75) is 45.6 Å². The minimum Gasteiger partial charge on any atom is -0.477 e. The van der Waals surface area contributed by atoms with Crippen molar-refractivity contribution in [2.75, 3.05) is 6.61 Å². The second-order valence-corrected chi connectivity index (χ2v) is 5.27. The van der Waals surface area contributed by atoms with Crippen molar-refractivity contribution < 1.29 is 14.3 Å². The highest BCUT2D eigenvalue weighted by Gasteiger charge is 2.19. The summed E-state index contributed by atoms with van der Waals surface area (Å²) in [6.45, 7) is 4.29. The Kier molecular flexibility index (Phi) is 4.77. The van der Waals surface area contributed by atoms with Crippen molar-refractivity contribution in [3.05, 3.63) is 23.9 Å². The Morgan fingerprint density at radius 2 is 2.16 bits per heavy atom. The van der Waals surface area contributed by atoms with E-state index in [1.807, 2.05) is 13.8 Å². The minimum atomic E-state index is -0.371. The van der Waals surface area contributed by atoms with Gasteiger partial charge in [0.15, 0.2) is 0 Å². The molecule has 0 unspecified atom stereocenters. The van der Waals surface area contributed by atoms with Crippen LogP contribution in [0, 0.1) is 5.92 Å². The summed E-state index contributed by atoms with van der Waals surface area (Å²) < 4.78 is 10.9. The Morgan fingerprint density at radius 1 is 1.42 bits per heavy atom. The van der Waals surface area contributed by atoms with E-state index in [2.05, 4.69) is 4.98 Å². The molecular formula is C15H21NO3. The lowest BCUT2D eigenvalue weighted by Crippen LogP contribution is -2.15. The first kappa shape index (κ1) is 13.8. The fourth-order valence-electron chi connectivity index (χ4n) is 2.31. The Labute approximate surface area is 114 Å². The monoisotopic (exact) mass is 263 g/mol. The van der Waals surface area contributed by atoms with Gasteiger partial charge in [-0.25, -0.2) is 9.78 Å². The lowest BCUT2D eigenvalue weighted by molar-refractivity contribution is 0.0371. The molecule has 1 saturated carbocycles. The molecule has 1 aromatic rings. The number of rotatable bonds is 5. The van der Waals surface area contributed by atoms with Crippen LogP contribution < -0.4 is 4.74 Å². The van der Waals surface area contributed by atoms with E-state index in [0.717, 1.165) is 0 Å². The fraction of sp³-hybridized carbons (Fsp3) is 0.600. The molecule has 0 aliphatic heterocycles. The summed E-state index contributed by atoms with van der Waals surface area (Å²) in [5, 5.41) is 0. The number of carbonyl (C=O) groups excluding carboxylic acids is 1. The molecular weight excluding hydrogens is 242 g/mol. The number of hydrogen-bond acceptors (Lipinski definition) is 4. The van der Waals surface area contributed by atoms with Gasteiger partial charge in [0.05, 0.1) is 12.7 Å². The molecule has 0 aromatic carbocycles. The van der Waals surface area contributed by atoms with Crippen molar-refractivity contribution >= 4 is 5.97 Å². The molecule has 0 N–H and O–H groups in total. The van der Waals surface area contributed by atoms with E-state index in [1.54, 1.807) is 18.3 Å². The van der Waals surface area contributed by atoms with E-state index in [-0.39, 0.29) is 12.1 Å². The van der Waals surface area contributed by atoms with Crippen LogP contribution >= 0.6 is 0 Å². The van der Waals surface area contributed by atoms with E-state index in [4.69, 9.17) is 9.47 Å². The summed E-state index contributed by atoms with van der Waals surface area (Å²) in [5.41, 5.74) is 0.411. The van der Waals surface area contributed by atoms with Crippen LogP contribution in [0.1, 0.15) is 49.9 Å². The zero-order valence-electron chi connectivity index (χ0n) is 11.6. The molecule has 1 heterocycles. The van der Waals surface area contributed by atoms with E-state index in [0.29, 0.717) is 24.0 Å². The average molecular weight is 263 g/mol. The molecule has 19 heavy (non-hydrogen) atoms. The summed E-state index contributed by atoms with van der Waals surface area (Å²) in [7, 11) is 0. The smallest absolute Gasteiger partial charge is 0.343 e. The minimum absolute atomic E-state index is 0.143. The summed E-state index contributed by atoms with van der Waals surface area (Å²) in [6.07, 6.45) is 6.46. The average Bonchev–Trinajstić information content (AvgIpc) is 2.89. The standard InChI is InChI=1S/C15H21NO3/c1-11(2)19-15(17)13-8-5-9-16-14(13)18-10-12-6-3-4-7-12/h5,8-9,11-12H,3-4,6-7,10H2,1-2H3. The molecule has 1 aliphatic rings. The largest absolute Gasteiger partial charge is 0.477 e. The van der Waals surface area contributed by atoms with Crippen LogP contribution in [0.4, 0.5) is 0 Å². The quantitative estimate of drug-likeness (QED) is 0.765. The predicted octanol–water partition coefficient (Wildman–Crippen LogP) is 3.22. The summed E-state index contributed by atoms with van der Waals surface area (Å²) in [6, 6.07) is 3.42. The van der Waals surface area contributed by atoms with Gasteiger partial charge in [-0.3, -0.25) is 0 Å². The highest BCUT2D eigenvalue weighted by molar-refractivity contribution is 5.91. The number of carbonyl (C=O) groups is 1. The van der Waals surface area contributed by atoms with Crippen molar-refractivity contribution in [1.82, 2.24) is 4.98 Å². The van der Waals surface area contributed by atoms with Gasteiger partial charge >= 0.3 is 5.97 Å². The molecule has 0 amide bonds. The zero-order chi connectivity index (χ0) is 13.7. The molecule has 0 spiro atoms. The molecule has 0 bridgehead atoms. The van der Waals surface area contributed by atoms with Crippen LogP contribution in [0.5, 0.6) is 5.88 Å². The van der Waals surface area contributed by atoms with Crippen LogP contribution in [0.15, 0.2) is 18.3 Å². The normalized spacial score (nSPS) is 15.7. The van der Waals surface area contributed by atoms with Crippen molar-refractivity contribution in [3.8, 4) is 5.88 Å². The SMILES string of the molecule is CC(C)OC(=O)c1cccnc1OCC1CCCC1. The lowest BCUT2D eigenvalue weighted by atomic mass is 10.1. The maximum Gasteiger partial charge on any atom is 0.343 e. The molecule has 0 saturated heterocycles. The van der Waals surface area contributed by atoms with Gasteiger partial charge in [0.1, 0.15) is 5.56 Å². The molecule has 1 fully saturated rings. The topological polar surface area (TPSA) is 48.4 Å². The van der Waals surface area contributed by atoms with Gasteiger partial charge in [0.2, 0.25) is 5.88 Å². The van der Waals surface area contributed by atoms with Crippen LogP contribution in [-0.2, 0) is 4.74 Å². The van der Waals surface area contributed by atoms with Gasteiger partial charge in [-0.2, -0.15) is 0 Å². The maximum atomic E-state index is 11.9. The van der Waals surface area contributed by atoms with Crippen LogP contribution in [0.25, 0.3) is 0 Å². The second kappa shape index (κ2) is 6.55. The summed E-state index contributed by atoms with van der Waals surface area (Å²) in [4.78, 5) is 16.1. The first-order valence-electron chi connectivity index (χ1n) is 6.95. The second-order valence-electron chi connectivity index (χ2n) is 5.27. The highest BCUT2D eigenvalue weighted by atomic mass is 16.5. The van der Waals surface area contributed by atoms with Crippen molar-refractivity contribution in [2.24, 2.45) is 5.92 Å². The zero-order valence-corrected chi connectivity index (χ0v) is 11.6. The third-order valence-electron chi connectivity index (χ3n) is 3.26. The lowest BCUT2D eigenvalue weighted by Gasteiger charge is -2.14. The van der Waals surface area contributed by atoms with E-state index < -0.39 is 0 Å². The first-order chi connectivity index (χ1) is 9.16. The Balaban J connectivity index is 2.00. The molecule has 1 aliphatic carbocycles. The third kappa shape index (κ3) is 3.94. The van der Waals surface area contributed by atoms with E-state index in [9.17, 15) is 4.79 Å². The van der Waals surface area contributed by atoms with Gasteiger partial charge in [0, 0.05) is 6.20 Å². The van der Waals surface area contributed by atoms with Crippen LogP contribution in [0.3, 0.4) is 0 Å². The number of hydrogen-bond donors (Lipinski definition) is 0. The Bertz CT molecular complexity index is 425. The number of nitrogens with zero attached hydrogens (tertiary/aromatic N) is 1. The number of esters is 1. The number of pyridine rings is 1. The molecule has 104 valence electrons. The molecule has 0 atom stereocenters. The molecule has 1 aromatic heterocycles. The Hall–Kier alpha value is -1.58. The summed E-state index contributed by atoms with van der Waals surface area (Å²) in [5.74, 6) is 0.612. The maximum absolute atomic E-state index is 11.9. The third-order valence-corrected chi connectivity index (χ3v) is 3.26. The number of ether oxygens (including phenoxy) is 2. The molecule has 0 radical (unpaired) electrons.